The van der Waals surface area contributed by atoms with Gasteiger partial charge in [0.15, 0.2) is 0 Å². The Kier molecular flexibility index (Phi) is 6.33. The largest absolute Gasteiger partial charge is 0.271 e. The van der Waals surface area contributed by atoms with E-state index >= 15 is 0 Å². The third kappa shape index (κ3) is 4.75. The van der Waals surface area contributed by atoms with Crippen LogP contribution in [0.1, 0.15) is 38.2 Å². The van der Waals surface area contributed by atoms with Crippen LogP contribution in [0, 0.1) is 6.92 Å². The predicted octanol–water partition coefficient (Wildman–Crippen LogP) is 4.98. The Morgan fingerprint density at radius 1 is 0.944 bits per heavy atom. The molecule has 7 heteroatoms. The number of aryl methyl sites for hydroxylation is 3. The summed E-state index contributed by atoms with van der Waals surface area (Å²) in [5, 5.41) is 6.61. The van der Waals surface area contributed by atoms with Crippen molar-refractivity contribution in [2.24, 2.45) is 5.10 Å². The van der Waals surface area contributed by atoms with E-state index in [2.05, 4.69) is 34.8 Å². The summed E-state index contributed by atoms with van der Waals surface area (Å²) in [4.78, 5) is 12.7. The number of nitrogens with one attached hydrogen (secondary N) is 1. The lowest BCUT2D eigenvalue weighted by Gasteiger charge is -2.23. The quantitative estimate of drug-likeness (QED) is 0.289. The van der Waals surface area contributed by atoms with E-state index in [1.54, 1.807) is 30.5 Å². The van der Waals surface area contributed by atoms with Crippen LogP contribution in [0.5, 0.6) is 0 Å². The van der Waals surface area contributed by atoms with Crippen molar-refractivity contribution in [3.63, 3.8) is 0 Å². The van der Waals surface area contributed by atoms with Crippen LogP contribution in [0.15, 0.2) is 84.0 Å². The average Bonchev–Trinajstić information content (AvgIpc) is 3.29. The van der Waals surface area contributed by atoms with Crippen molar-refractivity contribution >= 4 is 38.6 Å². The number of benzene rings is 4. The smallest absolute Gasteiger partial charge is 0.267 e. The number of rotatable bonds is 7. The highest BCUT2D eigenvalue weighted by Gasteiger charge is 2.19. The molecule has 0 heterocycles. The van der Waals surface area contributed by atoms with Gasteiger partial charge in [-0.25, -0.2) is 13.8 Å². The van der Waals surface area contributed by atoms with E-state index in [9.17, 15) is 13.2 Å². The minimum Gasteiger partial charge on any atom is -0.267 e. The highest BCUT2D eigenvalue weighted by molar-refractivity contribution is 7.92. The van der Waals surface area contributed by atoms with Crippen molar-refractivity contribution < 1.29 is 13.2 Å². The molecule has 0 saturated heterocycles. The van der Waals surface area contributed by atoms with E-state index in [0.717, 1.165) is 34.9 Å². The molecule has 0 spiro atoms. The van der Waals surface area contributed by atoms with Gasteiger partial charge in [0.2, 0.25) is 10.0 Å². The Morgan fingerprint density at radius 3 is 2.39 bits per heavy atom. The zero-order chi connectivity index (χ0) is 25.3. The fraction of sp³-hybridized carbons (Fsp3) is 0.172. The van der Waals surface area contributed by atoms with Gasteiger partial charge in [-0.2, -0.15) is 5.10 Å². The van der Waals surface area contributed by atoms with Gasteiger partial charge in [-0.1, -0.05) is 54.6 Å². The van der Waals surface area contributed by atoms with Gasteiger partial charge in [0.1, 0.15) is 0 Å². The van der Waals surface area contributed by atoms with E-state index < -0.39 is 10.0 Å². The van der Waals surface area contributed by atoms with E-state index in [1.165, 1.54) is 27.1 Å². The first-order valence-corrected chi connectivity index (χ1v) is 13.7. The normalized spacial score (nSPS) is 12.8. The molecule has 0 atom stereocenters. The molecule has 4 aromatic carbocycles. The molecule has 0 fully saturated rings. The number of hydrogen-bond donors (Lipinski definition) is 1. The molecule has 0 aromatic heterocycles. The minimum absolute atomic E-state index is 0.218. The van der Waals surface area contributed by atoms with Gasteiger partial charge in [0.05, 0.1) is 24.7 Å². The summed E-state index contributed by atoms with van der Waals surface area (Å²) in [6, 6.07) is 24.6. The van der Waals surface area contributed by atoms with Gasteiger partial charge in [-0.15, -0.1) is 0 Å². The van der Waals surface area contributed by atoms with E-state index in [1.807, 2.05) is 37.3 Å². The molecule has 5 rings (SSSR count). The van der Waals surface area contributed by atoms with Crippen LogP contribution < -0.4 is 9.73 Å². The second-order valence-corrected chi connectivity index (χ2v) is 11.0. The molecular weight excluding hydrogens is 470 g/mol. The van der Waals surface area contributed by atoms with Gasteiger partial charge >= 0.3 is 0 Å². The third-order valence-corrected chi connectivity index (χ3v) is 7.81. The fourth-order valence-electron chi connectivity index (χ4n) is 4.73. The maximum atomic E-state index is 12.7. The Bertz CT molecular complexity index is 1580. The van der Waals surface area contributed by atoms with Crippen molar-refractivity contribution in [3.05, 3.63) is 112 Å². The first-order valence-electron chi connectivity index (χ1n) is 11.8. The molecule has 6 nitrogen and oxygen atoms in total. The van der Waals surface area contributed by atoms with Crippen LogP contribution in [0.3, 0.4) is 0 Å². The lowest BCUT2D eigenvalue weighted by molar-refractivity contribution is 0.0955. The maximum Gasteiger partial charge on any atom is 0.271 e. The minimum atomic E-state index is -3.52. The predicted molar refractivity (Wildman–Crippen MR) is 145 cm³/mol. The van der Waals surface area contributed by atoms with Gasteiger partial charge in [-0.3, -0.25) is 9.10 Å². The summed E-state index contributed by atoms with van der Waals surface area (Å²) >= 11 is 0. The Hall–Kier alpha value is -3.97. The first kappa shape index (κ1) is 23.8. The number of sulfonamides is 1. The van der Waals surface area contributed by atoms with Crippen molar-refractivity contribution in [1.29, 1.82) is 0 Å². The number of carbonyl (C=O) groups is 1. The van der Waals surface area contributed by atoms with Gasteiger partial charge < -0.3 is 0 Å². The molecule has 36 heavy (non-hydrogen) atoms. The Labute approximate surface area is 211 Å². The number of amides is 1. The van der Waals surface area contributed by atoms with Crippen LogP contribution in [-0.2, 0) is 29.4 Å². The molecule has 1 N–H and O–H groups in total. The lowest BCUT2D eigenvalue weighted by atomic mass is 10.0. The molecule has 1 amide bonds. The fourth-order valence-corrected chi connectivity index (χ4v) is 5.61. The molecule has 1 aliphatic carbocycles. The number of hydrazone groups is 1. The van der Waals surface area contributed by atoms with Gasteiger partial charge in [0.25, 0.3) is 5.91 Å². The first-order chi connectivity index (χ1) is 17.3. The van der Waals surface area contributed by atoms with Crippen molar-refractivity contribution in [1.82, 2.24) is 5.43 Å². The molecule has 1 aliphatic rings. The van der Waals surface area contributed by atoms with Crippen LogP contribution in [0.2, 0.25) is 0 Å². The summed E-state index contributed by atoms with van der Waals surface area (Å²) in [5.41, 5.74) is 9.06. The topological polar surface area (TPSA) is 78.8 Å². The SMILES string of the molecule is Cc1ccccc1CN(c1ccc(C(=O)N/N=C\c2ccc3c4c(cccc24)CC3)cc1)S(C)(=O)=O. The molecule has 4 aromatic rings. The molecule has 0 unspecified atom stereocenters. The zero-order valence-electron chi connectivity index (χ0n) is 20.2. The maximum absolute atomic E-state index is 12.7. The second-order valence-electron chi connectivity index (χ2n) is 9.10. The van der Waals surface area contributed by atoms with Crippen LogP contribution >= 0.6 is 0 Å². The van der Waals surface area contributed by atoms with Crippen molar-refractivity contribution in [3.8, 4) is 0 Å². The van der Waals surface area contributed by atoms with Crippen molar-refractivity contribution in [2.45, 2.75) is 26.3 Å². The monoisotopic (exact) mass is 497 g/mol. The molecule has 0 saturated carbocycles. The molecular formula is C29H27N3O3S. The van der Waals surface area contributed by atoms with Crippen molar-refractivity contribution in [2.75, 3.05) is 10.6 Å². The average molecular weight is 498 g/mol. The van der Waals surface area contributed by atoms with Gasteiger partial charge in [0, 0.05) is 11.1 Å². The summed E-state index contributed by atoms with van der Waals surface area (Å²) < 4.78 is 26.4. The summed E-state index contributed by atoms with van der Waals surface area (Å²) in [6.45, 7) is 2.17. The third-order valence-electron chi connectivity index (χ3n) is 6.67. The van der Waals surface area contributed by atoms with E-state index in [0.29, 0.717) is 11.3 Å². The number of carbonyl (C=O) groups excluding carboxylic acids is 1. The molecule has 0 radical (unpaired) electrons. The Morgan fingerprint density at radius 2 is 1.67 bits per heavy atom. The molecule has 0 aliphatic heterocycles. The van der Waals surface area contributed by atoms with Crippen LogP contribution in [0.4, 0.5) is 5.69 Å². The zero-order valence-corrected chi connectivity index (χ0v) is 21.0. The number of nitrogens with zero attached hydrogens (tertiary/aromatic N) is 2. The Balaban J connectivity index is 1.31. The molecule has 182 valence electrons. The highest BCUT2D eigenvalue weighted by Crippen LogP contribution is 2.32. The van der Waals surface area contributed by atoms with E-state index in [-0.39, 0.29) is 12.5 Å². The van der Waals surface area contributed by atoms with E-state index in [4.69, 9.17) is 0 Å². The standard InChI is InChI=1S/C29H27N3O3S/c1-20-6-3-4-7-25(20)19-32(36(2,34)35)26-16-14-23(15-17-26)29(33)31-30-18-24-13-12-22-11-10-21-8-5-9-27(24)28(21)22/h3-9,12-18H,10-11,19H2,1-2H3,(H,31,33)/b30-18-. The number of hydrogen-bond acceptors (Lipinski definition) is 4. The lowest BCUT2D eigenvalue weighted by Crippen LogP contribution is -2.29. The summed E-state index contributed by atoms with van der Waals surface area (Å²) in [7, 11) is -3.52. The summed E-state index contributed by atoms with van der Waals surface area (Å²) in [5.74, 6) is -0.367. The van der Waals surface area contributed by atoms with Gasteiger partial charge in [-0.05, 0) is 77.1 Å². The second kappa shape index (κ2) is 9.59. The number of anilines is 1. The summed E-state index contributed by atoms with van der Waals surface area (Å²) in [6.07, 6.45) is 4.96. The molecule has 0 bridgehead atoms. The van der Waals surface area contributed by atoms with Crippen LogP contribution in [-0.4, -0.2) is 26.8 Å². The highest BCUT2D eigenvalue weighted by atomic mass is 32.2. The van der Waals surface area contributed by atoms with Crippen LogP contribution in [0.25, 0.3) is 10.8 Å².